The van der Waals surface area contributed by atoms with Crippen molar-refractivity contribution in [2.45, 2.75) is 13.0 Å². The monoisotopic (exact) mass is 377 g/mol. The van der Waals surface area contributed by atoms with Crippen molar-refractivity contribution in [3.63, 3.8) is 0 Å². The summed E-state index contributed by atoms with van der Waals surface area (Å²) < 4.78 is 16.2. The third kappa shape index (κ3) is 4.54. The molecule has 1 atom stereocenters. The van der Waals surface area contributed by atoms with Crippen LogP contribution in [0, 0.1) is 0 Å². The minimum absolute atomic E-state index is 0.223. The number of carbonyl (C=O) groups excluding carboxylic acids is 2. The van der Waals surface area contributed by atoms with Gasteiger partial charge in [0.15, 0.2) is 6.10 Å². The molecule has 28 heavy (non-hydrogen) atoms. The zero-order valence-corrected chi connectivity index (χ0v) is 15.5. The highest BCUT2D eigenvalue weighted by molar-refractivity contribution is 6.02. The fourth-order valence-corrected chi connectivity index (χ4v) is 2.53. The molecule has 0 aliphatic rings. The van der Waals surface area contributed by atoms with Crippen molar-refractivity contribution < 1.29 is 23.8 Å². The second kappa shape index (κ2) is 8.81. The molecular formula is C22H19NO5. The Hall–Kier alpha value is -3.67. The molecule has 0 amide bonds. The van der Waals surface area contributed by atoms with Gasteiger partial charge in [0, 0.05) is 11.8 Å². The Bertz CT molecular complexity index is 954. The van der Waals surface area contributed by atoms with Crippen molar-refractivity contribution in [2.75, 3.05) is 7.11 Å². The van der Waals surface area contributed by atoms with Crippen LogP contribution in [-0.2, 0) is 4.74 Å². The van der Waals surface area contributed by atoms with Gasteiger partial charge >= 0.3 is 5.97 Å². The SMILES string of the molecule is COc1ccc(C(=O)C(C)OC(=O)c2ccccc2Oc2cccnc2)cc1. The van der Waals surface area contributed by atoms with Crippen LogP contribution in [0.3, 0.4) is 0 Å². The summed E-state index contributed by atoms with van der Waals surface area (Å²) in [5, 5.41) is 0. The lowest BCUT2D eigenvalue weighted by atomic mass is 10.1. The third-order valence-electron chi connectivity index (χ3n) is 4.00. The van der Waals surface area contributed by atoms with Crippen LogP contribution in [0.25, 0.3) is 0 Å². The summed E-state index contributed by atoms with van der Waals surface area (Å²) >= 11 is 0. The van der Waals surface area contributed by atoms with Crippen LogP contribution >= 0.6 is 0 Å². The quantitative estimate of drug-likeness (QED) is 0.451. The molecule has 0 saturated heterocycles. The first-order chi connectivity index (χ1) is 13.6. The lowest BCUT2D eigenvalue weighted by Crippen LogP contribution is -2.24. The molecule has 2 aromatic carbocycles. The average molecular weight is 377 g/mol. The Morgan fingerprint density at radius 1 is 0.929 bits per heavy atom. The van der Waals surface area contributed by atoms with E-state index in [-0.39, 0.29) is 11.3 Å². The third-order valence-corrected chi connectivity index (χ3v) is 4.00. The van der Waals surface area contributed by atoms with Crippen molar-refractivity contribution in [2.24, 2.45) is 0 Å². The first kappa shape index (κ1) is 19.1. The van der Waals surface area contributed by atoms with Gasteiger partial charge in [0.1, 0.15) is 22.8 Å². The molecule has 3 rings (SSSR count). The smallest absolute Gasteiger partial charge is 0.342 e. The molecule has 0 N–H and O–H groups in total. The number of ketones is 1. The van der Waals surface area contributed by atoms with Gasteiger partial charge in [-0.1, -0.05) is 12.1 Å². The van der Waals surface area contributed by atoms with Crippen LogP contribution in [-0.4, -0.2) is 30.0 Å². The molecule has 142 valence electrons. The fraction of sp³-hybridized carbons (Fsp3) is 0.136. The second-order valence-electron chi connectivity index (χ2n) is 5.93. The molecule has 0 radical (unpaired) electrons. The highest BCUT2D eigenvalue weighted by Crippen LogP contribution is 2.25. The minimum Gasteiger partial charge on any atom is -0.497 e. The van der Waals surface area contributed by atoms with E-state index in [1.54, 1.807) is 74.0 Å². The van der Waals surface area contributed by atoms with Crippen LogP contribution in [0.1, 0.15) is 27.6 Å². The number of pyridine rings is 1. The Morgan fingerprint density at radius 3 is 2.36 bits per heavy atom. The highest BCUT2D eigenvalue weighted by Gasteiger charge is 2.22. The summed E-state index contributed by atoms with van der Waals surface area (Å²) in [4.78, 5) is 29.1. The van der Waals surface area contributed by atoms with E-state index >= 15 is 0 Å². The van der Waals surface area contributed by atoms with Gasteiger partial charge in [-0.25, -0.2) is 4.79 Å². The number of hydrogen-bond donors (Lipinski definition) is 0. The van der Waals surface area contributed by atoms with Crippen LogP contribution in [0.15, 0.2) is 73.1 Å². The summed E-state index contributed by atoms with van der Waals surface area (Å²) in [6, 6.07) is 16.7. The molecule has 1 unspecified atom stereocenters. The van der Waals surface area contributed by atoms with E-state index in [4.69, 9.17) is 14.2 Å². The predicted octanol–water partition coefficient (Wildman–Crippen LogP) is 4.31. The van der Waals surface area contributed by atoms with Crippen molar-refractivity contribution in [3.05, 3.63) is 84.2 Å². The van der Waals surface area contributed by atoms with E-state index in [1.807, 2.05) is 0 Å². The number of methoxy groups -OCH3 is 1. The van der Waals surface area contributed by atoms with Gasteiger partial charge < -0.3 is 14.2 Å². The van der Waals surface area contributed by atoms with Gasteiger partial charge in [-0.05, 0) is 55.5 Å². The van der Waals surface area contributed by atoms with Crippen molar-refractivity contribution in [3.8, 4) is 17.2 Å². The molecular weight excluding hydrogens is 358 g/mol. The first-order valence-electron chi connectivity index (χ1n) is 8.64. The van der Waals surface area contributed by atoms with E-state index in [1.165, 1.54) is 13.1 Å². The molecule has 0 saturated carbocycles. The Labute approximate surface area is 162 Å². The van der Waals surface area contributed by atoms with Crippen molar-refractivity contribution in [1.82, 2.24) is 4.98 Å². The number of esters is 1. The van der Waals surface area contributed by atoms with Crippen LogP contribution in [0.4, 0.5) is 0 Å². The number of nitrogens with zero attached hydrogens (tertiary/aromatic N) is 1. The lowest BCUT2D eigenvalue weighted by molar-refractivity contribution is 0.0316. The number of para-hydroxylation sites is 1. The predicted molar refractivity (Wildman–Crippen MR) is 103 cm³/mol. The zero-order chi connectivity index (χ0) is 19.9. The molecule has 6 nitrogen and oxygen atoms in total. The largest absolute Gasteiger partial charge is 0.497 e. The van der Waals surface area contributed by atoms with E-state index < -0.39 is 12.1 Å². The highest BCUT2D eigenvalue weighted by atomic mass is 16.5. The zero-order valence-electron chi connectivity index (χ0n) is 15.5. The van der Waals surface area contributed by atoms with Crippen molar-refractivity contribution >= 4 is 11.8 Å². The Morgan fingerprint density at radius 2 is 1.68 bits per heavy atom. The molecule has 0 spiro atoms. The second-order valence-corrected chi connectivity index (χ2v) is 5.93. The van der Waals surface area contributed by atoms with E-state index in [0.717, 1.165) is 0 Å². The number of ether oxygens (including phenoxy) is 3. The van der Waals surface area contributed by atoms with Crippen LogP contribution in [0.2, 0.25) is 0 Å². The maximum atomic E-state index is 12.6. The normalized spacial score (nSPS) is 11.4. The summed E-state index contributed by atoms with van der Waals surface area (Å²) in [5.74, 6) is 0.507. The minimum atomic E-state index is -0.952. The summed E-state index contributed by atoms with van der Waals surface area (Å²) in [7, 11) is 1.55. The molecule has 6 heteroatoms. The van der Waals surface area contributed by atoms with E-state index in [0.29, 0.717) is 22.8 Å². The maximum Gasteiger partial charge on any atom is 0.342 e. The topological polar surface area (TPSA) is 74.7 Å². The number of carbonyl (C=O) groups is 2. The summed E-state index contributed by atoms with van der Waals surface area (Å²) in [6.45, 7) is 1.54. The van der Waals surface area contributed by atoms with Gasteiger partial charge in [0.25, 0.3) is 0 Å². The van der Waals surface area contributed by atoms with Gasteiger partial charge in [0.05, 0.1) is 13.3 Å². The van der Waals surface area contributed by atoms with Crippen LogP contribution in [0.5, 0.6) is 17.2 Å². The number of rotatable bonds is 7. The Kier molecular flexibility index (Phi) is 6.01. The molecule has 0 bridgehead atoms. The summed E-state index contributed by atoms with van der Waals surface area (Å²) in [6.07, 6.45) is 2.21. The molecule has 1 heterocycles. The van der Waals surface area contributed by atoms with E-state index in [9.17, 15) is 9.59 Å². The van der Waals surface area contributed by atoms with E-state index in [2.05, 4.69) is 4.98 Å². The molecule has 1 aromatic heterocycles. The van der Waals surface area contributed by atoms with Gasteiger partial charge in [0.2, 0.25) is 5.78 Å². The van der Waals surface area contributed by atoms with Gasteiger partial charge in [-0.3, -0.25) is 9.78 Å². The molecule has 3 aromatic rings. The standard InChI is InChI=1S/C22H19NO5/c1-15(21(24)16-9-11-17(26-2)12-10-16)27-22(25)19-7-3-4-8-20(19)28-18-6-5-13-23-14-18/h3-15H,1-2H3. The fourth-order valence-electron chi connectivity index (χ4n) is 2.53. The molecule has 0 aliphatic carbocycles. The maximum absolute atomic E-state index is 12.6. The molecule has 0 fully saturated rings. The van der Waals surface area contributed by atoms with Gasteiger partial charge in [-0.2, -0.15) is 0 Å². The summed E-state index contributed by atoms with van der Waals surface area (Å²) in [5.41, 5.74) is 0.654. The number of aromatic nitrogens is 1. The van der Waals surface area contributed by atoms with Crippen molar-refractivity contribution in [1.29, 1.82) is 0 Å². The lowest BCUT2D eigenvalue weighted by Gasteiger charge is -2.15. The Balaban J connectivity index is 1.72. The number of hydrogen-bond acceptors (Lipinski definition) is 6. The van der Waals surface area contributed by atoms with Gasteiger partial charge in [-0.15, -0.1) is 0 Å². The number of Topliss-reactive ketones (excluding diaryl/α,β-unsaturated/α-hetero) is 1. The first-order valence-corrected chi connectivity index (χ1v) is 8.64. The number of benzene rings is 2. The average Bonchev–Trinajstić information content (AvgIpc) is 2.74. The van der Waals surface area contributed by atoms with Crippen LogP contribution < -0.4 is 9.47 Å². The molecule has 0 aliphatic heterocycles.